The van der Waals surface area contributed by atoms with Gasteiger partial charge in [0.05, 0.1) is 5.69 Å². The lowest BCUT2D eigenvalue weighted by atomic mass is 10.1. The Morgan fingerprint density at radius 1 is 1.00 bits per heavy atom. The van der Waals surface area contributed by atoms with E-state index in [1.54, 1.807) is 0 Å². The fourth-order valence-electron chi connectivity index (χ4n) is 4.28. The third-order valence-electron chi connectivity index (χ3n) is 5.78. The molecule has 0 bridgehead atoms. The summed E-state index contributed by atoms with van der Waals surface area (Å²) in [6.07, 6.45) is 3.73. The molecule has 1 amide bonds. The summed E-state index contributed by atoms with van der Waals surface area (Å²) in [6.45, 7) is 7.88. The minimum atomic E-state index is 0.125. The lowest BCUT2D eigenvalue weighted by Crippen LogP contribution is -2.42. The fourth-order valence-corrected chi connectivity index (χ4v) is 5.30. The third-order valence-corrected chi connectivity index (χ3v) is 6.95. The second kappa shape index (κ2) is 7.78. The highest BCUT2D eigenvalue weighted by molar-refractivity contribution is 7.97. The van der Waals surface area contributed by atoms with Crippen LogP contribution >= 0.6 is 11.9 Å². The number of pyridine rings is 1. The normalized spacial score (nSPS) is 17.4. The summed E-state index contributed by atoms with van der Waals surface area (Å²) in [7, 11) is 0. The predicted octanol–water partition coefficient (Wildman–Crippen LogP) is 4.04. The summed E-state index contributed by atoms with van der Waals surface area (Å²) < 4.78 is 2.45. The number of rotatable bonds is 5. The molecule has 0 unspecified atom stereocenters. The molecule has 2 aromatic carbocycles. The number of aromatic nitrogens is 1. The van der Waals surface area contributed by atoms with Crippen LogP contribution in [-0.4, -0.2) is 52.8 Å². The number of amides is 1. The minimum Gasteiger partial charge on any atom is -0.308 e. The van der Waals surface area contributed by atoms with Crippen molar-refractivity contribution in [2.24, 2.45) is 0 Å². The molecule has 0 spiro atoms. The van der Waals surface area contributed by atoms with E-state index in [9.17, 15) is 4.79 Å². The zero-order chi connectivity index (χ0) is 19.8. The first-order valence-corrected chi connectivity index (χ1v) is 10.9. The van der Waals surface area contributed by atoms with Gasteiger partial charge < -0.3 is 4.90 Å². The van der Waals surface area contributed by atoms with E-state index in [4.69, 9.17) is 0 Å². The van der Waals surface area contributed by atoms with Crippen LogP contribution in [0.15, 0.2) is 59.8 Å². The third kappa shape index (κ3) is 3.41. The van der Waals surface area contributed by atoms with Crippen molar-refractivity contribution in [3.05, 3.63) is 66.0 Å². The molecule has 0 atom stereocenters. The first kappa shape index (κ1) is 18.6. The fraction of sp³-hybridized carbons (Fsp3) is 0.304. The van der Waals surface area contributed by atoms with Gasteiger partial charge in [0.2, 0.25) is 0 Å². The molecule has 5 nitrogen and oxygen atoms in total. The Kier molecular flexibility index (Phi) is 4.99. The van der Waals surface area contributed by atoms with E-state index in [1.165, 1.54) is 15.8 Å². The average molecular weight is 405 g/mol. The Balaban J connectivity index is 1.31. The molecule has 29 heavy (non-hydrogen) atoms. The Morgan fingerprint density at radius 3 is 2.55 bits per heavy atom. The Morgan fingerprint density at radius 2 is 1.79 bits per heavy atom. The van der Waals surface area contributed by atoms with Gasteiger partial charge in [-0.05, 0) is 60.2 Å². The number of hydrogen-bond acceptors (Lipinski definition) is 5. The van der Waals surface area contributed by atoms with Gasteiger partial charge in [-0.3, -0.25) is 14.7 Å². The predicted molar refractivity (Wildman–Crippen MR) is 118 cm³/mol. The summed E-state index contributed by atoms with van der Waals surface area (Å²) in [4.78, 5) is 22.4. The van der Waals surface area contributed by atoms with E-state index in [0.717, 1.165) is 49.4 Å². The zero-order valence-electron chi connectivity index (χ0n) is 16.5. The van der Waals surface area contributed by atoms with Crippen LogP contribution in [0.5, 0.6) is 0 Å². The number of carbonyl (C=O) groups excluding carboxylic acids is 1. The van der Waals surface area contributed by atoms with Gasteiger partial charge in [0.1, 0.15) is 0 Å². The van der Waals surface area contributed by atoms with E-state index in [2.05, 4.69) is 44.5 Å². The van der Waals surface area contributed by atoms with E-state index < -0.39 is 0 Å². The van der Waals surface area contributed by atoms with E-state index in [-0.39, 0.29) is 5.91 Å². The summed E-state index contributed by atoms with van der Waals surface area (Å²) in [5.74, 6) is 0.125. The highest BCUT2D eigenvalue weighted by Gasteiger charge is 2.29. The van der Waals surface area contributed by atoms with Gasteiger partial charge in [-0.1, -0.05) is 12.1 Å². The number of hydrogen-bond donors (Lipinski definition) is 0. The van der Waals surface area contributed by atoms with Crippen LogP contribution in [0.1, 0.15) is 22.8 Å². The minimum absolute atomic E-state index is 0.125. The maximum Gasteiger partial charge on any atom is 0.258 e. The van der Waals surface area contributed by atoms with Crippen LogP contribution < -0.4 is 4.90 Å². The van der Waals surface area contributed by atoms with E-state index >= 15 is 0 Å². The molecule has 0 aliphatic carbocycles. The molecule has 2 aliphatic heterocycles. The maximum atomic E-state index is 12.7. The van der Waals surface area contributed by atoms with Crippen molar-refractivity contribution in [3.63, 3.8) is 0 Å². The lowest BCUT2D eigenvalue weighted by Gasteiger charge is -2.34. The highest BCUT2D eigenvalue weighted by atomic mass is 32.2. The SMILES string of the molecule is CCN1C(=O)c2cccc3c(SN4CCN(Cc5ccncc5)CC4)ccc1c23. The first-order valence-electron chi connectivity index (χ1n) is 10.2. The number of carbonyl (C=O) groups is 1. The molecule has 2 aliphatic rings. The van der Waals surface area contributed by atoms with Crippen molar-refractivity contribution in [3.8, 4) is 0 Å². The Bertz CT molecular complexity index is 1050. The Labute approximate surface area is 175 Å². The van der Waals surface area contributed by atoms with Gasteiger partial charge in [-0.2, -0.15) is 0 Å². The van der Waals surface area contributed by atoms with Crippen LogP contribution in [0, 0.1) is 0 Å². The van der Waals surface area contributed by atoms with Crippen LogP contribution in [0.2, 0.25) is 0 Å². The van der Waals surface area contributed by atoms with Gasteiger partial charge >= 0.3 is 0 Å². The summed E-state index contributed by atoms with van der Waals surface area (Å²) in [6, 6.07) is 14.6. The number of benzene rings is 2. The van der Waals surface area contributed by atoms with Crippen molar-refractivity contribution >= 4 is 34.3 Å². The molecular formula is C23H24N4OS. The smallest absolute Gasteiger partial charge is 0.258 e. The molecule has 5 rings (SSSR count). The molecule has 1 aromatic heterocycles. The van der Waals surface area contributed by atoms with Crippen LogP contribution in [-0.2, 0) is 6.54 Å². The molecule has 0 radical (unpaired) electrons. The van der Waals surface area contributed by atoms with Crippen molar-refractivity contribution in [1.82, 2.24) is 14.2 Å². The standard InChI is InChI=1S/C23H24N4OS/c1-2-27-20-6-7-21(18-4-3-5-19(22(18)20)23(27)28)29-26-14-12-25(13-15-26)16-17-8-10-24-11-9-17/h3-11H,2,12-16H2,1H3. The average Bonchev–Trinajstić information content (AvgIpc) is 3.04. The molecule has 3 aromatic rings. The van der Waals surface area contributed by atoms with Gasteiger partial charge in [-0.25, -0.2) is 4.31 Å². The van der Waals surface area contributed by atoms with Crippen molar-refractivity contribution < 1.29 is 4.79 Å². The second-order valence-corrected chi connectivity index (χ2v) is 8.65. The number of anilines is 1. The molecule has 148 valence electrons. The molecule has 3 heterocycles. The topological polar surface area (TPSA) is 39.7 Å². The van der Waals surface area contributed by atoms with Crippen molar-refractivity contribution in [2.45, 2.75) is 18.4 Å². The lowest BCUT2D eigenvalue weighted by molar-refractivity contribution is 0.0994. The van der Waals surface area contributed by atoms with E-state index in [0.29, 0.717) is 6.54 Å². The summed E-state index contributed by atoms with van der Waals surface area (Å²) >= 11 is 1.82. The molecule has 0 saturated carbocycles. The maximum absolute atomic E-state index is 12.7. The molecular weight excluding hydrogens is 380 g/mol. The van der Waals surface area contributed by atoms with Crippen molar-refractivity contribution in [1.29, 1.82) is 0 Å². The monoisotopic (exact) mass is 404 g/mol. The molecule has 1 fully saturated rings. The van der Waals surface area contributed by atoms with E-state index in [1.807, 2.05) is 48.3 Å². The van der Waals surface area contributed by atoms with Crippen LogP contribution in [0.4, 0.5) is 5.69 Å². The van der Waals surface area contributed by atoms with Crippen molar-refractivity contribution in [2.75, 3.05) is 37.6 Å². The van der Waals surface area contributed by atoms with Crippen LogP contribution in [0.3, 0.4) is 0 Å². The largest absolute Gasteiger partial charge is 0.308 e. The van der Waals surface area contributed by atoms with Gasteiger partial charge in [0.25, 0.3) is 5.91 Å². The Hall–Kier alpha value is -2.41. The van der Waals surface area contributed by atoms with Gasteiger partial charge in [0, 0.05) is 67.5 Å². The quantitative estimate of drug-likeness (QED) is 0.600. The number of nitrogens with zero attached hydrogens (tertiary/aromatic N) is 4. The van der Waals surface area contributed by atoms with Crippen LogP contribution in [0.25, 0.3) is 10.8 Å². The van der Waals surface area contributed by atoms with Gasteiger partial charge in [-0.15, -0.1) is 0 Å². The second-order valence-electron chi connectivity index (χ2n) is 7.51. The highest BCUT2D eigenvalue weighted by Crippen LogP contribution is 2.42. The molecule has 6 heteroatoms. The van der Waals surface area contributed by atoms with Gasteiger partial charge in [0.15, 0.2) is 0 Å². The summed E-state index contributed by atoms with van der Waals surface area (Å²) in [5.41, 5.74) is 3.21. The zero-order valence-corrected chi connectivity index (χ0v) is 17.4. The molecule has 1 saturated heterocycles. The first-order chi connectivity index (χ1) is 14.2. The number of piperazine rings is 1. The summed E-state index contributed by atoms with van der Waals surface area (Å²) in [5, 5.41) is 2.30. The molecule has 0 N–H and O–H groups in total.